The van der Waals surface area contributed by atoms with Crippen LogP contribution in [0.3, 0.4) is 0 Å². The molecule has 2 saturated heterocycles. The van der Waals surface area contributed by atoms with E-state index in [1.807, 2.05) is 0 Å². The second-order valence-corrected chi connectivity index (χ2v) is 19.5. The summed E-state index contributed by atoms with van der Waals surface area (Å²) in [5.41, 5.74) is -1.24. The summed E-state index contributed by atoms with van der Waals surface area (Å²) in [5, 5.41) is 44.1. The highest BCUT2D eigenvalue weighted by Crippen LogP contribution is 2.89. The van der Waals surface area contributed by atoms with E-state index in [0.29, 0.717) is 42.7 Å². The van der Waals surface area contributed by atoms with Gasteiger partial charge in [-0.25, -0.2) is 0 Å². The van der Waals surface area contributed by atoms with Gasteiger partial charge in [0.1, 0.15) is 6.10 Å². The standard InChI is InChI=1S/C38H65NO7/c1-22-18-23(30(41)34(6,7)43)45-29-28(22)35(8)14-15-38-20-37(38)13-12-26(46-27-19-39(16-17-44-27)32(2,3)21-40)33(4,5)24(37)10-11-25(38)36(35,9)31(29)42/h22-31,40-43H,10-21H2,1-9H3/t22-,23-,24+,25+,26+,27?,28?,29+,30+,31+,35-,36-,37-,38+/m1/s1. The Morgan fingerprint density at radius 2 is 1.65 bits per heavy atom. The molecule has 2 spiro atoms. The van der Waals surface area contributed by atoms with Crippen LogP contribution in [0.25, 0.3) is 0 Å². The summed E-state index contributed by atoms with van der Waals surface area (Å²) in [7, 11) is 0. The van der Waals surface area contributed by atoms with Crippen LogP contribution in [-0.2, 0) is 14.2 Å². The van der Waals surface area contributed by atoms with Crippen molar-refractivity contribution in [3.8, 4) is 0 Å². The van der Waals surface area contributed by atoms with Crippen molar-refractivity contribution < 1.29 is 34.6 Å². The van der Waals surface area contributed by atoms with Crippen molar-refractivity contribution in [3.05, 3.63) is 0 Å². The van der Waals surface area contributed by atoms with E-state index in [4.69, 9.17) is 14.2 Å². The number of ether oxygens (including phenoxy) is 3. The molecule has 46 heavy (non-hydrogen) atoms. The summed E-state index contributed by atoms with van der Waals surface area (Å²) in [4.78, 5) is 2.31. The first kappa shape index (κ1) is 34.1. The molecule has 0 amide bonds. The molecular formula is C38H65NO7. The maximum absolute atomic E-state index is 12.4. The number of rotatable bonds is 6. The summed E-state index contributed by atoms with van der Waals surface area (Å²) < 4.78 is 19.7. The number of hydrogen-bond acceptors (Lipinski definition) is 8. The molecule has 14 atom stereocenters. The Morgan fingerprint density at radius 1 is 0.978 bits per heavy atom. The Bertz CT molecular complexity index is 1190. The average Bonchev–Trinajstić information content (AvgIpc) is 3.62. The van der Waals surface area contributed by atoms with Gasteiger partial charge in [0, 0.05) is 17.5 Å². The summed E-state index contributed by atoms with van der Waals surface area (Å²) in [6.07, 6.45) is 6.37. The van der Waals surface area contributed by atoms with Gasteiger partial charge in [0.05, 0.1) is 49.8 Å². The Hall–Kier alpha value is -0.320. The van der Waals surface area contributed by atoms with Gasteiger partial charge in [-0.1, -0.05) is 34.6 Å². The van der Waals surface area contributed by atoms with E-state index in [1.54, 1.807) is 13.8 Å². The van der Waals surface area contributed by atoms with E-state index in [9.17, 15) is 20.4 Å². The van der Waals surface area contributed by atoms with Crippen LogP contribution in [0.15, 0.2) is 0 Å². The first-order valence-corrected chi connectivity index (χ1v) is 18.7. The molecule has 4 N–H and O–H groups in total. The fourth-order valence-corrected chi connectivity index (χ4v) is 13.7. The molecule has 0 bridgehead atoms. The monoisotopic (exact) mass is 647 g/mol. The summed E-state index contributed by atoms with van der Waals surface area (Å²) in [6, 6.07) is 0. The number of hydrogen-bond donors (Lipinski definition) is 4. The van der Waals surface area contributed by atoms with Gasteiger partial charge in [0.2, 0.25) is 0 Å². The largest absolute Gasteiger partial charge is 0.394 e. The molecular weight excluding hydrogens is 582 g/mol. The lowest BCUT2D eigenvalue weighted by Crippen LogP contribution is -2.60. The molecule has 2 heterocycles. The molecule has 5 aliphatic carbocycles. The predicted molar refractivity (Wildman–Crippen MR) is 176 cm³/mol. The van der Waals surface area contributed by atoms with E-state index < -0.39 is 23.9 Å². The van der Waals surface area contributed by atoms with Gasteiger partial charge in [-0.2, -0.15) is 0 Å². The number of fused-ring (bicyclic) bond motifs is 4. The van der Waals surface area contributed by atoms with Crippen molar-refractivity contribution in [2.75, 3.05) is 26.3 Å². The highest BCUT2D eigenvalue weighted by molar-refractivity contribution is 5.33. The molecule has 0 aromatic heterocycles. The van der Waals surface area contributed by atoms with Crippen LogP contribution in [0.1, 0.15) is 114 Å². The van der Waals surface area contributed by atoms with Crippen molar-refractivity contribution in [1.82, 2.24) is 4.90 Å². The minimum atomic E-state index is -1.25. The van der Waals surface area contributed by atoms with Crippen molar-refractivity contribution in [2.45, 2.75) is 162 Å². The van der Waals surface area contributed by atoms with Crippen LogP contribution in [0, 0.1) is 50.7 Å². The minimum absolute atomic E-state index is 0.0207. The van der Waals surface area contributed by atoms with Crippen molar-refractivity contribution >= 4 is 0 Å². The van der Waals surface area contributed by atoms with Crippen LogP contribution in [0.4, 0.5) is 0 Å². The molecule has 0 radical (unpaired) electrons. The van der Waals surface area contributed by atoms with E-state index in [2.05, 4.69) is 53.4 Å². The van der Waals surface area contributed by atoms with Crippen LogP contribution < -0.4 is 0 Å². The van der Waals surface area contributed by atoms with E-state index >= 15 is 0 Å². The number of aliphatic hydroxyl groups is 4. The topological polar surface area (TPSA) is 112 Å². The van der Waals surface area contributed by atoms with E-state index in [1.165, 1.54) is 25.7 Å². The van der Waals surface area contributed by atoms with Gasteiger partial charge < -0.3 is 34.6 Å². The van der Waals surface area contributed by atoms with Crippen LogP contribution in [0.2, 0.25) is 0 Å². The molecule has 7 rings (SSSR count). The van der Waals surface area contributed by atoms with Gasteiger partial charge in [-0.05, 0) is 124 Å². The second-order valence-electron chi connectivity index (χ2n) is 19.5. The first-order valence-electron chi connectivity index (χ1n) is 18.7. The maximum Gasteiger partial charge on any atom is 0.170 e. The molecule has 5 saturated carbocycles. The lowest BCUT2D eigenvalue weighted by Gasteiger charge is -2.64. The molecule has 7 fully saturated rings. The van der Waals surface area contributed by atoms with Gasteiger partial charge in [-0.3, -0.25) is 4.90 Å². The van der Waals surface area contributed by atoms with Gasteiger partial charge in [0.15, 0.2) is 6.29 Å². The maximum atomic E-state index is 12.4. The molecule has 264 valence electrons. The van der Waals surface area contributed by atoms with Gasteiger partial charge in [0.25, 0.3) is 0 Å². The van der Waals surface area contributed by atoms with Gasteiger partial charge in [-0.15, -0.1) is 0 Å². The number of morpholine rings is 1. The van der Waals surface area contributed by atoms with Crippen molar-refractivity contribution in [3.63, 3.8) is 0 Å². The number of nitrogens with zero attached hydrogens (tertiary/aromatic N) is 1. The fraction of sp³-hybridized carbons (Fsp3) is 1.00. The van der Waals surface area contributed by atoms with Crippen LogP contribution in [-0.4, -0.2) is 99.6 Å². The zero-order valence-corrected chi connectivity index (χ0v) is 30.2. The average molecular weight is 648 g/mol. The van der Waals surface area contributed by atoms with Crippen molar-refractivity contribution in [2.24, 2.45) is 50.7 Å². The fourth-order valence-electron chi connectivity index (χ4n) is 13.7. The second kappa shape index (κ2) is 10.6. The van der Waals surface area contributed by atoms with Crippen LogP contribution >= 0.6 is 0 Å². The summed E-state index contributed by atoms with van der Waals surface area (Å²) in [5.74, 6) is 1.58. The van der Waals surface area contributed by atoms with Gasteiger partial charge >= 0.3 is 0 Å². The first-order chi connectivity index (χ1) is 21.3. The van der Waals surface area contributed by atoms with E-state index in [0.717, 1.165) is 25.8 Å². The summed E-state index contributed by atoms with van der Waals surface area (Å²) in [6.45, 7) is 21.8. The predicted octanol–water partition coefficient (Wildman–Crippen LogP) is 4.75. The molecule has 7 aliphatic rings. The molecule has 2 aliphatic heterocycles. The Morgan fingerprint density at radius 3 is 2.33 bits per heavy atom. The molecule has 0 aromatic carbocycles. The highest BCUT2D eigenvalue weighted by atomic mass is 16.7. The van der Waals surface area contributed by atoms with E-state index in [-0.39, 0.29) is 58.2 Å². The summed E-state index contributed by atoms with van der Waals surface area (Å²) >= 11 is 0. The zero-order valence-electron chi connectivity index (χ0n) is 30.2. The molecule has 0 aromatic rings. The molecule has 2 unspecified atom stereocenters. The SMILES string of the molecule is C[C@@H]1C[C@H]([C@H](O)C(C)(C)O)O[C@H]2C1[C@@]1(C)CC[C@@]34C[C@@]35CC[C@H](OC3CN(C(C)(C)CO)CCO3)C(C)(C)[C@@H]5CC[C@H]4[C@]1(C)[C@H]2O. The smallest absolute Gasteiger partial charge is 0.170 e. The lowest BCUT2D eigenvalue weighted by molar-refractivity contribution is -0.254. The zero-order chi connectivity index (χ0) is 33.5. The molecule has 8 heteroatoms. The minimum Gasteiger partial charge on any atom is -0.394 e. The Kier molecular flexibility index (Phi) is 7.87. The third-order valence-electron chi connectivity index (χ3n) is 16.4. The normalized spacial score (nSPS) is 52.5. The Balaban J connectivity index is 1.12. The van der Waals surface area contributed by atoms with Crippen molar-refractivity contribution in [1.29, 1.82) is 0 Å². The van der Waals surface area contributed by atoms with Crippen LogP contribution in [0.5, 0.6) is 0 Å². The third-order valence-corrected chi connectivity index (χ3v) is 16.4. The third kappa shape index (κ3) is 4.39. The quantitative estimate of drug-likeness (QED) is 0.327. The number of aliphatic hydroxyl groups excluding tert-OH is 3. The Labute approximate surface area is 277 Å². The molecule has 8 nitrogen and oxygen atoms in total. The lowest BCUT2D eigenvalue weighted by atomic mass is 9.41. The highest BCUT2D eigenvalue weighted by Gasteiger charge is 2.84.